The van der Waals surface area contributed by atoms with Crippen LogP contribution < -0.4 is 5.73 Å². The van der Waals surface area contributed by atoms with Crippen molar-refractivity contribution in [2.75, 3.05) is 13.6 Å². The van der Waals surface area contributed by atoms with Crippen LogP contribution in [0.2, 0.25) is 0 Å². The number of likely N-dealkylation sites (N-methyl/N-ethyl adjacent to an activating group) is 1. The van der Waals surface area contributed by atoms with Gasteiger partial charge in [0.15, 0.2) is 0 Å². The number of nitrogens with two attached hydrogens (primary N) is 1. The Morgan fingerprint density at radius 1 is 1.39 bits per heavy atom. The zero-order chi connectivity index (χ0) is 13.1. The number of nitrogens with zero attached hydrogens (tertiary/aromatic N) is 1. The molecule has 1 aromatic rings. The third kappa shape index (κ3) is 3.97. The zero-order valence-corrected chi connectivity index (χ0v) is 13.3. The van der Waals surface area contributed by atoms with Crippen molar-refractivity contribution in [1.82, 2.24) is 4.90 Å². The summed E-state index contributed by atoms with van der Waals surface area (Å²) in [6.45, 7) is 4.52. The van der Waals surface area contributed by atoms with Crippen molar-refractivity contribution in [3.8, 4) is 0 Å². The first-order chi connectivity index (χ1) is 7.89. The van der Waals surface area contributed by atoms with Crippen LogP contribution in [0.5, 0.6) is 0 Å². The van der Waals surface area contributed by atoms with E-state index in [2.05, 4.69) is 15.9 Å². The molecule has 0 saturated heterocycles. The van der Waals surface area contributed by atoms with Gasteiger partial charge < -0.3 is 10.6 Å². The molecule has 102 valence electrons. The Hall–Kier alpha value is -0.580. The fourth-order valence-corrected chi connectivity index (χ4v) is 2.02. The molecular formula is C13H20BrClN2O. The SMILES string of the molecule is CCCN(C)C(=O)C(C)(N)c1ccc(Br)cc1.Cl. The Bertz CT molecular complexity index is 392. The van der Waals surface area contributed by atoms with E-state index >= 15 is 0 Å². The van der Waals surface area contributed by atoms with Gasteiger partial charge in [-0.2, -0.15) is 0 Å². The van der Waals surface area contributed by atoms with Gasteiger partial charge >= 0.3 is 0 Å². The highest BCUT2D eigenvalue weighted by atomic mass is 79.9. The molecule has 3 nitrogen and oxygen atoms in total. The lowest BCUT2D eigenvalue weighted by atomic mass is 9.92. The number of carbonyl (C=O) groups excluding carboxylic acids is 1. The molecule has 0 bridgehead atoms. The molecule has 1 amide bonds. The number of amides is 1. The molecule has 1 atom stereocenters. The first-order valence-electron chi connectivity index (χ1n) is 5.70. The van der Waals surface area contributed by atoms with E-state index in [0.29, 0.717) is 0 Å². The molecule has 5 heteroatoms. The van der Waals surface area contributed by atoms with Gasteiger partial charge in [0, 0.05) is 18.1 Å². The van der Waals surface area contributed by atoms with Gasteiger partial charge in [-0.15, -0.1) is 12.4 Å². The summed E-state index contributed by atoms with van der Waals surface area (Å²) in [6.07, 6.45) is 0.929. The topological polar surface area (TPSA) is 46.3 Å². The van der Waals surface area contributed by atoms with Crippen LogP contribution >= 0.6 is 28.3 Å². The number of benzene rings is 1. The van der Waals surface area contributed by atoms with Crippen molar-refractivity contribution in [3.05, 3.63) is 34.3 Å². The van der Waals surface area contributed by atoms with Crippen LogP contribution in [0, 0.1) is 0 Å². The predicted molar refractivity (Wildman–Crippen MR) is 80.9 cm³/mol. The largest absolute Gasteiger partial charge is 0.344 e. The van der Waals surface area contributed by atoms with Gasteiger partial charge in [0.25, 0.3) is 0 Å². The normalized spacial score (nSPS) is 13.4. The van der Waals surface area contributed by atoms with Crippen LogP contribution in [0.15, 0.2) is 28.7 Å². The molecule has 1 rings (SSSR count). The average molecular weight is 336 g/mol. The van der Waals surface area contributed by atoms with E-state index in [0.717, 1.165) is 23.0 Å². The fourth-order valence-electron chi connectivity index (χ4n) is 1.75. The number of hydrogen-bond acceptors (Lipinski definition) is 2. The minimum absolute atomic E-state index is 0. The van der Waals surface area contributed by atoms with Crippen LogP contribution in [0.3, 0.4) is 0 Å². The van der Waals surface area contributed by atoms with E-state index in [1.807, 2.05) is 31.2 Å². The van der Waals surface area contributed by atoms with Crippen LogP contribution in [0.25, 0.3) is 0 Å². The maximum atomic E-state index is 12.2. The second-order valence-electron chi connectivity index (χ2n) is 4.44. The van der Waals surface area contributed by atoms with Crippen LogP contribution in [0.1, 0.15) is 25.8 Å². The third-order valence-electron chi connectivity index (χ3n) is 2.79. The summed E-state index contributed by atoms with van der Waals surface area (Å²) >= 11 is 3.37. The molecule has 0 aliphatic carbocycles. The summed E-state index contributed by atoms with van der Waals surface area (Å²) in [4.78, 5) is 13.9. The molecule has 2 N–H and O–H groups in total. The van der Waals surface area contributed by atoms with E-state index in [1.54, 1.807) is 18.9 Å². The van der Waals surface area contributed by atoms with Crippen molar-refractivity contribution in [2.24, 2.45) is 5.73 Å². The molecule has 0 aliphatic rings. The number of hydrogen-bond donors (Lipinski definition) is 1. The Labute approximate surface area is 123 Å². The summed E-state index contributed by atoms with van der Waals surface area (Å²) in [5, 5.41) is 0. The standard InChI is InChI=1S/C13H19BrN2O.ClH/c1-4-9-16(3)12(17)13(2,15)10-5-7-11(14)8-6-10;/h5-8H,4,9,15H2,1-3H3;1H. The summed E-state index contributed by atoms with van der Waals surface area (Å²) in [5.41, 5.74) is 6.02. The molecule has 1 unspecified atom stereocenters. The molecule has 0 aromatic heterocycles. The lowest BCUT2D eigenvalue weighted by molar-refractivity contribution is -0.135. The Morgan fingerprint density at radius 2 is 1.89 bits per heavy atom. The van der Waals surface area contributed by atoms with Crippen molar-refractivity contribution < 1.29 is 4.79 Å². The molecule has 1 aromatic carbocycles. The smallest absolute Gasteiger partial charge is 0.246 e. The minimum Gasteiger partial charge on any atom is -0.344 e. The van der Waals surface area contributed by atoms with Gasteiger partial charge in [0.2, 0.25) is 5.91 Å². The maximum absolute atomic E-state index is 12.2. The first-order valence-corrected chi connectivity index (χ1v) is 6.49. The number of rotatable bonds is 4. The van der Waals surface area contributed by atoms with E-state index in [9.17, 15) is 4.79 Å². The highest BCUT2D eigenvalue weighted by molar-refractivity contribution is 9.10. The van der Waals surface area contributed by atoms with E-state index in [4.69, 9.17) is 5.73 Å². The lowest BCUT2D eigenvalue weighted by Crippen LogP contribution is -2.49. The Balaban J connectivity index is 0.00000289. The van der Waals surface area contributed by atoms with Crippen molar-refractivity contribution >= 4 is 34.2 Å². The summed E-state index contributed by atoms with van der Waals surface area (Å²) in [5.74, 6) is -0.0540. The number of carbonyl (C=O) groups is 1. The predicted octanol–water partition coefficient (Wildman–Crippen LogP) is 2.91. The Morgan fingerprint density at radius 3 is 2.33 bits per heavy atom. The molecule has 18 heavy (non-hydrogen) atoms. The van der Waals surface area contributed by atoms with E-state index < -0.39 is 5.54 Å². The fraction of sp³-hybridized carbons (Fsp3) is 0.462. The molecule has 0 radical (unpaired) electrons. The third-order valence-corrected chi connectivity index (χ3v) is 3.32. The van der Waals surface area contributed by atoms with Crippen LogP contribution in [-0.2, 0) is 10.3 Å². The van der Waals surface area contributed by atoms with Gasteiger partial charge in [-0.3, -0.25) is 4.79 Å². The molecule has 0 aliphatic heterocycles. The van der Waals surface area contributed by atoms with Crippen LogP contribution in [-0.4, -0.2) is 24.4 Å². The first kappa shape index (κ1) is 17.4. The Kier molecular flexibility index (Phi) is 6.89. The number of halogens is 2. The highest BCUT2D eigenvalue weighted by Crippen LogP contribution is 2.22. The molecular weight excluding hydrogens is 316 g/mol. The van der Waals surface area contributed by atoms with Crippen molar-refractivity contribution in [3.63, 3.8) is 0 Å². The van der Waals surface area contributed by atoms with Crippen LogP contribution in [0.4, 0.5) is 0 Å². The zero-order valence-electron chi connectivity index (χ0n) is 10.9. The van der Waals surface area contributed by atoms with Gasteiger partial charge in [-0.05, 0) is 31.0 Å². The molecule has 0 fully saturated rings. The van der Waals surface area contributed by atoms with E-state index in [1.165, 1.54) is 0 Å². The quantitative estimate of drug-likeness (QED) is 0.919. The summed E-state index contributed by atoms with van der Waals surface area (Å²) < 4.78 is 0.978. The van der Waals surface area contributed by atoms with Gasteiger partial charge in [-0.25, -0.2) is 0 Å². The van der Waals surface area contributed by atoms with Gasteiger partial charge in [-0.1, -0.05) is 35.0 Å². The minimum atomic E-state index is -0.968. The highest BCUT2D eigenvalue weighted by Gasteiger charge is 2.32. The monoisotopic (exact) mass is 334 g/mol. The molecule has 0 spiro atoms. The molecule has 0 heterocycles. The maximum Gasteiger partial charge on any atom is 0.246 e. The molecule has 0 saturated carbocycles. The average Bonchev–Trinajstić information content (AvgIpc) is 2.29. The second-order valence-corrected chi connectivity index (χ2v) is 5.35. The van der Waals surface area contributed by atoms with Crippen molar-refractivity contribution in [1.29, 1.82) is 0 Å². The van der Waals surface area contributed by atoms with Gasteiger partial charge in [0.1, 0.15) is 5.54 Å². The van der Waals surface area contributed by atoms with Crippen molar-refractivity contribution in [2.45, 2.75) is 25.8 Å². The lowest BCUT2D eigenvalue weighted by Gasteiger charge is -2.29. The van der Waals surface area contributed by atoms with E-state index in [-0.39, 0.29) is 18.3 Å². The summed E-state index contributed by atoms with van der Waals surface area (Å²) in [7, 11) is 1.79. The second kappa shape index (κ2) is 7.12. The van der Waals surface area contributed by atoms with Gasteiger partial charge in [0.05, 0.1) is 0 Å². The summed E-state index contributed by atoms with van der Waals surface area (Å²) in [6, 6.07) is 7.55.